The predicted octanol–water partition coefficient (Wildman–Crippen LogP) is 3.46. The molecule has 1 unspecified atom stereocenters. The van der Waals surface area contributed by atoms with Gasteiger partial charge in [0.1, 0.15) is 5.76 Å². The summed E-state index contributed by atoms with van der Waals surface area (Å²) in [6, 6.07) is 9.98. The van der Waals surface area contributed by atoms with Crippen LogP contribution >= 0.6 is 0 Å². The first-order valence-electron chi connectivity index (χ1n) is 8.28. The van der Waals surface area contributed by atoms with Crippen LogP contribution in [0.4, 0.5) is 0 Å². The Balaban J connectivity index is 1.71. The third-order valence-corrected chi connectivity index (χ3v) is 4.55. The molecule has 1 fully saturated rings. The SMILES string of the molecule is Cc1ccc(C)c(C(=O)NCC(c2ccco2)N2CCCC2)c1. The van der Waals surface area contributed by atoms with Gasteiger partial charge in [0, 0.05) is 12.1 Å². The summed E-state index contributed by atoms with van der Waals surface area (Å²) in [5.41, 5.74) is 2.86. The minimum absolute atomic E-state index is 0.0121. The number of likely N-dealkylation sites (tertiary alicyclic amines) is 1. The third-order valence-electron chi connectivity index (χ3n) is 4.55. The molecule has 2 heterocycles. The summed E-state index contributed by atoms with van der Waals surface area (Å²) in [7, 11) is 0. The van der Waals surface area contributed by atoms with Crippen LogP contribution in [0.1, 0.15) is 46.1 Å². The highest BCUT2D eigenvalue weighted by Crippen LogP contribution is 2.25. The molecule has 0 radical (unpaired) electrons. The highest BCUT2D eigenvalue weighted by atomic mass is 16.3. The van der Waals surface area contributed by atoms with E-state index in [2.05, 4.69) is 10.2 Å². The Hall–Kier alpha value is -2.07. The third kappa shape index (κ3) is 3.64. The Labute approximate surface area is 137 Å². The number of rotatable bonds is 5. The van der Waals surface area contributed by atoms with Gasteiger partial charge in [0.15, 0.2) is 0 Å². The average Bonchev–Trinajstić information content (AvgIpc) is 3.23. The van der Waals surface area contributed by atoms with Crippen LogP contribution in [0.3, 0.4) is 0 Å². The molecule has 23 heavy (non-hydrogen) atoms. The van der Waals surface area contributed by atoms with Crippen LogP contribution in [0.15, 0.2) is 41.0 Å². The van der Waals surface area contributed by atoms with Gasteiger partial charge in [-0.2, -0.15) is 0 Å². The molecule has 1 aromatic carbocycles. The lowest BCUT2D eigenvalue weighted by Gasteiger charge is -2.26. The fourth-order valence-corrected chi connectivity index (χ4v) is 3.21. The van der Waals surface area contributed by atoms with Crippen molar-refractivity contribution in [3.05, 3.63) is 59.0 Å². The van der Waals surface area contributed by atoms with Crippen molar-refractivity contribution in [3.8, 4) is 0 Å². The highest BCUT2D eigenvalue weighted by Gasteiger charge is 2.26. The zero-order valence-electron chi connectivity index (χ0n) is 13.8. The maximum Gasteiger partial charge on any atom is 0.251 e. The molecule has 1 aromatic heterocycles. The Kier molecular flexibility index (Phi) is 4.82. The molecule has 1 aliphatic heterocycles. The summed E-state index contributed by atoms with van der Waals surface area (Å²) in [5, 5.41) is 3.09. The van der Waals surface area contributed by atoms with Gasteiger partial charge in [0.25, 0.3) is 5.91 Å². The average molecular weight is 312 g/mol. The van der Waals surface area contributed by atoms with Crippen molar-refractivity contribution >= 4 is 5.91 Å². The van der Waals surface area contributed by atoms with Crippen molar-refractivity contribution in [3.63, 3.8) is 0 Å². The number of carbonyl (C=O) groups excluding carboxylic acids is 1. The molecule has 0 saturated carbocycles. The number of benzene rings is 1. The number of amides is 1. The van der Waals surface area contributed by atoms with Gasteiger partial charge in [-0.1, -0.05) is 17.7 Å². The van der Waals surface area contributed by atoms with Gasteiger partial charge >= 0.3 is 0 Å². The van der Waals surface area contributed by atoms with Gasteiger partial charge in [0.2, 0.25) is 0 Å². The van der Waals surface area contributed by atoms with Crippen molar-refractivity contribution in [2.24, 2.45) is 0 Å². The second kappa shape index (κ2) is 7.01. The first-order chi connectivity index (χ1) is 11.1. The van der Waals surface area contributed by atoms with E-state index in [0.29, 0.717) is 6.54 Å². The second-order valence-corrected chi connectivity index (χ2v) is 6.30. The summed E-state index contributed by atoms with van der Waals surface area (Å²) < 4.78 is 5.60. The standard InChI is InChI=1S/C19H24N2O2/c1-14-7-8-15(2)16(12-14)19(22)20-13-17(18-6-5-11-23-18)21-9-3-4-10-21/h5-8,11-12,17H,3-4,9-10,13H2,1-2H3,(H,20,22). The van der Waals surface area contributed by atoms with Gasteiger partial charge in [-0.05, 0) is 63.5 Å². The van der Waals surface area contributed by atoms with Gasteiger partial charge in [0.05, 0.1) is 12.3 Å². The molecule has 3 rings (SSSR count). The lowest BCUT2D eigenvalue weighted by Crippen LogP contribution is -2.36. The summed E-state index contributed by atoms with van der Waals surface area (Å²) in [5.74, 6) is 0.912. The van der Waals surface area contributed by atoms with E-state index < -0.39 is 0 Å². The van der Waals surface area contributed by atoms with E-state index >= 15 is 0 Å². The van der Waals surface area contributed by atoms with E-state index in [-0.39, 0.29) is 11.9 Å². The van der Waals surface area contributed by atoms with Gasteiger partial charge in [-0.25, -0.2) is 0 Å². The Bertz CT molecular complexity index is 658. The number of hydrogen-bond acceptors (Lipinski definition) is 3. The molecule has 122 valence electrons. The zero-order chi connectivity index (χ0) is 16.2. The number of aryl methyl sites for hydroxylation is 2. The molecule has 0 bridgehead atoms. The number of furan rings is 1. The molecular formula is C19H24N2O2. The lowest BCUT2D eigenvalue weighted by atomic mass is 10.0. The molecule has 1 N–H and O–H groups in total. The van der Waals surface area contributed by atoms with E-state index in [9.17, 15) is 4.79 Å². The lowest BCUT2D eigenvalue weighted by molar-refractivity contribution is 0.0933. The van der Waals surface area contributed by atoms with Crippen molar-refractivity contribution in [1.82, 2.24) is 10.2 Å². The smallest absolute Gasteiger partial charge is 0.251 e. The van der Waals surface area contributed by atoms with Crippen LogP contribution in [0.25, 0.3) is 0 Å². The summed E-state index contributed by atoms with van der Waals surface area (Å²) in [6.07, 6.45) is 4.12. The predicted molar refractivity (Wildman–Crippen MR) is 90.5 cm³/mol. The highest BCUT2D eigenvalue weighted by molar-refractivity contribution is 5.95. The minimum Gasteiger partial charge on any atom is -0.468 e. The van der Waals surface area contributed by atoms with Crippen LogP contribution in [0, 0.1) is 13.8 Å². The largest absolute Gasteiger partial charge is 0.468 e. The van der Waals surface area contributed by atoms with Crippen molar-refractivity contribution < 1.29 is 9.21 Å². The fraction of sp³-hybridized carbons (Fsp3) is 0.421. The summed E-state index contributed by atoms with van der Waals surface area (Å²) >= 11 is 0. The molecule has 1 amide bonds. The van der Waals surface area contributed by atoms with E-state index in [4.69, 9.17) is 4.42 Å². The van der Waals surface area contributed by atoms with Gasteiger partial charge in [-0.15, -0.1) is 0 Å². The van der Waals surface area contributed by atoms with Crippen LogP contribution in [-0.2, 0) is 0 Å². The van der Waals surface area contributed by atoms with E-state index in [1.165, 1.54) is 12.8 Å². The minimum atomic E-state index is -0.0121. The maximum atomic E-state index is 12.5. The van der Waals surface area contributed by atoms with Crippen LogP contribution < -0.4 is 5.32 Å². The van der Waals surface area contributed by atoms with Crippen molar-refractivity contribution in [1.29, 1.82) is 0 Å². The van der Waals surface area contributed by atoms with Crippen molar-refractivity contribution in [2.75, 3.05) is 19.6 Å². The fourth-order valence-electron chi connectivity index (χ4n) is 3.21. The van der Waals surface area contributed by atoms with Gasteiger partial charge < -0.3 is 9.73 Å². The summed E-state index contributed by atoms with van der Waals surface area (Å²) in [6.45, 7) is 6.67. The quantitative estimate of drug-likeness (QED) is 0.919. The zero-order valence-corrected chi connectivity index (χ0v) is 13.8. The Morgan fingerprint density at radius 1 is 1.26 bits per heavy atom. The number of carbonyl (C=O) groups is 1. The molecule has 2 aromatic rings. The number of nitrogens with one attached hydrogen (secondary N) is 1. The van der Waals surface area contributed by atoms with Crippen LogP contribution in [-0.4, -0.2) is 30.4 Å². The molecule has 4 heteroatoms. The van der Waals surface area contributed by atoms with E-state index in [0.717, 1.165) is 35.5 Å². The summed E-state index contributed by atoms with van der Waals surface area (Å²) in [4.78, 5) is 14.9. The van der Waals surface area contributed by atoms with Crippen molar-refractivity contribution in [2.45, 2.75) is 32.7 Å². The molecule has 0 aliphatic carbocycles. The number of nitrogens with zero attached hydrogens (tertiary/aromatic N) is 1. The maximum absolute atomic E-state index is 12.5. The number of hydrogen-bond donors (Lipinski definition) is 1. The topological polar surface area (TPSA) is 45.5 Å². The Morgan fingerprint density at radius 3 is 2.74 bits per heavy atom. The molecular weight excluding hydrogens is 288 g/mol. The molecule has 1 saturated heterocycles. The van der Waals surface area contributed by atoms with E-state index in [1.807, 2.05) is 44.2 Å². The molecule has 4 nitrogen and oxygen atoms in total. The first kappa shape index (κ1) is 15.8. The molecule has 1 aliphatic rings. The normalized spacial score (nSPS) is 16.4. The molecule has 1 atom stereocenters. The van der Waals surface area contributed by atoms with Crippen LogP contribution in [0.5, 0.6) is 0 Å². The monoisotopic (exact) mass is 312 g/mol. The van der Waals surface area contributed by atoms with Gasteiger partial charge in [-0.3, -0.25) is 9.69 Å². The first-order valence-corrected chi connectivity index (χ1v) is 8.28. The van der Waals surface area contributed by atoms with Crippen LogP contribution in [0.2, 0.25) is 0 Å². The Morgan fingerprint density at radius 2 is 2.04 bits per heavy atom. The van der Waals surface area contributed by atoms with E-state index in [1.54, 1.807) is 6.26 Å². The molecule has 0 spiro atoms. The second-order valence-electron chi connectivity index (χ2n) is 6.30.